The van der Waals surface area contributed by atoms with E-state index in [9.17, 15) is 36.3 Å². The molecule has 0 aliphatic carbocycles. The fourth-order valence-electron chi connectivity index (χ4n) is 4.80. The molecule has 0 spiro atoms. The molecule has 0 unspecified atom stereocenters. The third kappa shape index (κ3) is 6.03. The molecule has 0 bridgehead atoms. The van der Waals surface area contributed by atoms with E-state index in [1.54, 1.807) is 28.0 Å². The van der Waals surface area contributed by atoms with E-state index in [0.29, 0.717) is 11.1 Å². The molecule has 40 heavy (non-hydrogen) atoms. The third-order valence-electron chi connectivity index (χ3n) is 6.84. The highest BCUT2D eigenvalue weighted by Crippen LogP contribution is 2.33. The molecular weight excluding hydrogens is 561 g/mol. The summed E-state index contributed by atoms with van der Waals surface area (Å²) in [6.45, 7) is 2.96. The van der Waals surface area contributed by atoms with Crippen molar-refractivity contribution in [2.45, 2.75) is 44.4 Å². The predicted molar refractivity (Wildman–Crippen MR) is 135 cm³/mol. The first-order chi connectivity index (χ1) is 18.8. The number of amides is 3. The molecule has 2 N–H and O–H groups in total. The van der Waals surface area contributed by atoms with Gasteiger partial charge in [-0.1, -0.05) is 25.4 Å². The highest BCUT2D eigenvalue weighted by Gasteiger charge is 2.42. The predicted octanol–water partition coefficient (Wildman–Crippen LogP) is 4.08. The second-order valence-electron chi connectivity index (χ2n) is 9.86. The molecular formula is C26H25ClF5N5O3. The number of carbonyl (C=O) groups excluding carboxylic acids is 3. The summed E-state index contributed by atoms with van der Waals surface area (Å²) in [6, 6.07) is 2.90. The van der Waals surface area contributed by atoms with E-state index in [1.807, 2.05) is 0 Å². The SMILES string of the molecule is CC(C)[C@@H](NC(=O)C(F)(F)F)C(=O)N[C@@H]1CN(C(=O)c2cccn3cncc23)CC[C@H]1c1cc(F)c(F)c(Cl)c1. The van der Waals surface area contributed by atoms with Crippen molar-refractivity contribution in [3.05, 3.63) is 70.8 Å². The standard InChI is InChI=1S/C26H25ClF5N5O3/c1-13(2)22(35-25(40)26(30,31)32)23(38)34-19-11-36(24(39)16-4-3-6-37-12-33-10-20(16)37)7-5-15(19)14-8-17(27)21(29)18(28)9-14/h3-4,6,8-10,12-13,15,19,22H,5,7,11H2,1-2H3,(H,34,38)(H,35,40)/t15-,19+,22+/m0/s1. The van der Waals surface area contributed by atoms with E-state index in [1.165, 1.54) is 37.3 Å². The third-order valence-corrected chi connectivity index (χ3v) is 7.11. The molecule has 14 heteroatoms. The number of likely N-dealkylation sites (tertiary alicyclic amines) is 1. The lowest BCUT2D eigenvalue weighted by Gasteiger charge is -2.40. The van der Waals surface area contributed by atoms with Crippen LogP contribution in [0.1, 0.15) is 42.1 Å². The zero-order chi connectivity index (χ0) is 29.4. The van der Waals surface area contributed by atoms with Crippen LogP contribution in [0.15, 0.2) is 43.0 Å². The Balaban J connectivity index is 1.64. The topological polar surface area (TPSA) is 95.8 Å². The van der Waals surface area contributed by atoms with Gasteiger partial charge in [0.25, 0.3) is 5.91 Å². The lowest BCUT2D eigenvalue weighted by atomic mass is 9.84. The second kappa shape index (κ2) is 11.4. The number of benzene rings is 1. The van der Waals surface area contributed by atoms with Crippen molar-refractivity contribution in [1.29, 1.82) is 0 Å². The number of halogens is 6. The molecule has 2 aromatic heterocycles. The molecule has 3 aromatic rings. The summed E-state index contributed by atoms with van der Waals surface area (Å²) < 4.78 is 68.5. The summed E-state index contributed by atoms with van der Waals surface area (Å²) in [5.41, 5.74) is 1.11. The van der Waals surface area contributed by atoms with Crippen LogP contribution in [0, 0.1) is 17.6 Å². The Labute approximate surface area is 230 Å². The number of fused-ring (bicyclic) bond motifs is 1. The number of nitrogens with one attached hydrogen (secondary N) is 2. The number of imidazole rings is 1. The van der Waals surface area contributed by atoms with Crippen molar-refractivity contribution in [3.63, 3.8) is 0 Å². The Kier molecular flexibility index (Phi) is 8.33. The number of hydrogen-bond acceptors (Lipinski definition) is 4. The van der Waals surface area contributed by atoms with Crippen LogP contribution in [0.25, 0.3) is 5.52 Å². The lowest BCUT2D eigenvalue weighted by Crippen LogP contribution is -2.59. The minimum Gasteiger partial charge on any atom is -0.349 e. The normalized spacial score (nSPS) is 18.6. The van der Waals surface area contributed by atoms with E-state index in [4.69, 9.17) is 11.6 Å². The van der Waals surface area contributed by atoms with Gasteiger partial charge in [-0.15, -0.1) is 0 Å². The maximum atomic E-state index is 14.2. The van der Waals surface area contributed by atoms with Crippen molar-refractivity contribution in [1.82, 2.24) is 24.9 Å². The van der Waals surface area contributed by atoms with Gasteiger partial charge in [-0.3, -0.25) is 14.4 Å². The quantitative estimate of drug-likeness (QED) is 0.337. The number of hydrogen-bond donors (Lipinski definition) is 2. The fourth-order valence-corrected chi connectivity index (χ4v) is 5.02. The molecule has 1 aromatic carbocycles. The second-order valence-corrected chi connectivity index (χ2v) is 10.3. The largest absolute Gasteiger partial charge is 0.471 e. The first kappa shape index (κ1) is 29.2. The summed E-state index contributed by atoms with van der Waals surface area (Å²) in [6.07, 6.45) is -0.278. The van der Waals surface area contributed by atoms with Crippen LogP contribution in [0.4, 0.5) is 22.0 Å². The molecule has 8 nitrogen and oxygen atoms in total. The van der Waals surface area contributed by atoms with Crippen LogP contribution in [0.5, 0.6) is 0 Å². The highest BCUT2D eigenvalue weighted by molar-refractivity contribution is 6.30. The van der Waals surface area contributed by atoms with Gasteiger partial charge < -0.3 is 19.9 Å². The maximum absolute atomic E-state index is 14.2. The van der Waals surface area contributed by atoms with E-state index in [2.05, 4.69) is 10.3 Å². The lowest BCUT2D eigenvalue weighted by molar-refractivity contribution is -0.175. The summed E-state index contributed by atoms with van der Waals surface area (Å²) in [7, 11) is 0. The van der Waals surface area contributed by atoms with E-state index >= 15 is 0 Å². The average molecular weight is 586 g/mol. The van der Waals surface area contributed by atoms with Gasteiger partial charge in [0.1, 0.15) is 6.04 Å². The molecule has 0 saturated carbocycles. The molecule has 3 amide bonds. The number of alkyl halides is 3. The maximum Gasteiger partial charge on any atom is 0.471 e. The summed E-state index contributed by atoms with van der Waals surface area (Å²) in [5, 5.41) is 3.86. The van der Waals surface area contributed by atoms with Gasteiger partial charge in [-0.25, -0.2) is 13.8 Å². The smallest absolute Gasteiger partial charge is 0.349 e. The number of carbonyl (C=O) groups is 3. The summed E-state index contributed by atoms with van der Waals surface area (Å²) in [5.74, 6) is -7.47. The Hall–Kier alpha value is -3.74. The molecule has 214 valence electrons. The van der Waals surface area contributed by atoms with Crippen LogP contribution in [-0.2, 0) is 9.59 Å². The van der Waals surface area contributed by atoms with Crippen molar-refractivity contribution in [2.24, 2.45) is 5.92 Å². The van der Waals surface area contributed by atoms with Gasteiger partial charge in [0.2, 0.25) is 5.91 Å². The Morgan fingerprint density at radius 3 is 2.55 bits per heavy atom. The minimum atomic E-state index is -5.21. The van der Waals surface area contributed by atoms with Crippen LogP contribution >= 0.6 is 11.6 Å². The van der Waals surface area contributed by atoms with E-state index < -0.39 is 64.5 Å². The van der Waals surface area contributed by atoms with Crippen molar-refractivity contribution < 1.29 is 36.3 Å². The number of piperidine rings is 1. The minimum absolute atomic E-state index is 0.112. The van der Waals surface area contributed by atoms with Crippen LogP contribution in [-0.4, -0.2) is 63.4 Å². The average Bonchev–Trinajstić information content (AvgIpc) is 3.38. The number of pyridine rings is 1. The first-order valence-corrected chi connectivity index (χ1v) is 12.7. The Morgan fingerprint density at radius 2 is 1.90 bits per heavy atom. The first-order valence-electron chi connectivity index (χ1n) is 12.3. The van der Waals surface area contributed by atoms with Crippen LogP contribution < -0.4 is 10.6 Å². The number of aromatic nitrogens is 2. The molecule has 1 saturated heterocycles. The van der Waals surface area contributed by atoms with E-state index in [0.717, 1.165) is 6.07 Å². The van der Waals surface area contributed by atoms with Crippen molar-refractivity contribution in [3.8, 4) is 0 Å². The van der Waals surface area contributed by atoms with Crippen LogP contribution in [0.2, 0.25) is 5.02 Å². The number of rotatable bonds is 6. The molecule has 3 atom stereocenters. The highest BCUT2D eigenvalue weighted by atomic mass is 35.5. The summed E-state index contributed by atoms with van der Waals surface area (Å²) in [4.78, 5) is 43.8. The monoisotopic (exact) mass is 585 g/mol. The van der Waals surface area contributed by atoms with Crippen molar-refractivity contribution >= 4 is 34.8 Å². The van der Waals surface area contributed by atoms with Gasteiger partial charge in [-0.2, -0.15) is 13.2 Å². The Morgan fingerprint density at radius 1 is 1.18 bits per heavy atom. The zero-order valence-electron chi connectivity index (χ0n) is 21.3. The van der Waals surface area contributed by atoms with E-state index in [-0.39, 0.29) is 25.1 Å². The Bertz CT molecular complexity index is 1420. The molecule has 1 aliphatic heterocycles. The van der Waals surface area contributed by atoms with Gasteiger partial charge in [-0.05, 0) is 42.2 Å². The molecule has 4 rings (SSSR count). The van der Waals surface area contributed by atoms with Gasteiger partial charge in [0, 0.05) is 25.2 Å². The zero-order valence-corrected chi connectivity index (χ0v) is 22.1. The fraction of sp³-hybridized carbons (Fsp3) is 0.385. The molecule has 3 heterocycles. The van der Waals surface area contributed by atoms with Gasteiger partial charge in [0.15, 0.2) is 11.6 Å². The van der Waals surface area contributed by atoms with Gasteiger partial charge >= 0.3 is 12.1 Å². The van der Waals surface area contributed by atoms with Gasteiger partial charge in [0.05, 0.1) is 34.7 Å². The molecule has 1 fully saturated rings. The summed E-state index contributed by atoms with van der Waals surface area (Å²) >= 11 is 5.86. The van der Waals surface area contributed by atoms with Crippen LogP contribution in [0.3, 0.4) is 0 Å². The molecule has 1 aliphatic rings. The molecule has 0 radical (unpaired) electrons. The van der Waals surface area contributed by atoms with Crippen molar-refractivity contribution in [2.75, 3.05) is 13.1 Å². The number of nitrogens with zero attached hydrogens (tertiary/aromatic N) is 3.